The van der Waals surface area contributed by atoms with Crippen molar-refractivity contribution >= 4 is 5.91 Å². The highest BCUT2D eigenvalue weighted by molar-refractivity contribution is 5.96. The summed E-state index contributed by atoms with van der Waals surface area (Å²) in [7, 11) is 4.73. The van der Waals surface area contributed by atoms with E-state index in [0.29, 0.717) is 11.4 Å². The lowest BCUT2D eigenvalue weighted by Crippen LogP contribution is -2.37. The van der Waals surface area contributed by atoms with Crippen LogP contribution in [0.1, 0.15) is 46.4 Å². The van der Waals surface area contributed by atoms with Crippen LogP contribution in [0.25, 0.3) is 0 Å². The molecule has 1 N–H and O–H groups in total. The molecule has 0 bridgehead atoms. The van der Waals surface area contributed by atoms with Gasteiger partial charge < -0.3 is 19.5 Å². The number of amides is 1. The van der Waals surface area contributed by atoms with E-state index in [1.165, 1.54) is 30.9 Å². The maximum atomic E-state index is 12.8. The number of carbonyl (C=O) groups is 1. The molecule has 30 heavy (non-hydrogen) atoms. The predicted molar refractivity (Wildman–Crippen MR) is 116 cm³/mol. The summed E-state index contributed by atoms with van der Waals surface area (Å²) >= 11 is 0. The number of likely N-dealkylation sites (tertiary alicyclic amines) is 1. The lowest BCUT2D eigenvalue weighted by atomic mass is 9.97. The predicted octanol–water partition coefficient (Wildman–Crippen LogP) is 3.29. The minimum absolute atomic E-state index is 0.0754. The van der Waals surface area contributed by atoms with Crippen LogP contribution < -0.4 is 19.5 Å². The van der Waals surface area contributed by atoms with Gasteiger partial charge in [-0.25, -0.2) is 0 Å². The second-order valence-corrected chi connectivity index (χ2v) is 7.65. The molecule has 2 heterocycles. The van der Waals surface area contributed by atoms with Gasteiger partial charge in [-0.15, -0.1) is 0 Å². The van der Waals surface area contributed by atoms with Crippen molar-refractivity contribution in [3.8, 4) is 17.5 Å². The van der Waals surface area contributed by atoms with Gasteiger partial charge in [0.2, 0.25) is 11.8 Å². The summed E-state index contributed by atoms with van der Waals surface area (Å²) in [5, 5.41) is 3.13. The van der Waals surface area contributed by atoms with E-state index in [4.69, 9.17) is 14.2 Å². The molecule has 0 saturated carbocycles. The van der Waals surface area contributed by atoms with E-state index >= 15 is 0 Å². The topological polar surface area (TPSA) is 72.9 Å². The van der Waals surface area contributed by atoms with Crippen LogP contribution in [0.5, 0.6) is 17.5 Å². The minimum atomic E-state index is -0.182. The summed E-state index contributed by atoms with van der Waals surface area (Å²) in [5.74, 6) is 1.41. The van der Waals surface area contributed by atoms with E-state index in [9.17, 15) is 4.79 Å². The van der Waals surface area contributed by atoms with Gasteiger partial charge in [-0.1, -0.05) is 6.07 Å². The molecule has 0 spiro atoms. The standard InChI is InChI=1S/C23H31N3O4/c1-14-15(2)20(28-4)9-7-18(14)16(3)26-12-11-17(13-26)24-22(27)19-8-10-21(29-5)25-23(19)30-6/h7-10,16-17H,11-13H2,1-6H3,(H,24,27)/t16?,17-/m1/s1. The van der Waals surface area contributed by atoms with Crippen molar-refractivity contribution in [2.75, 3.05) is 34.4 Å². The van der Waals surface area contributed by atoms with E-state index in [0.717, 1.165) is 25.3 Å². The molecule has 2 atom stereocenters. The summed E-state index contributed by atoms with van der Waals surface area (Å²) in [6, 6.07) is 7.85. The van der Waals surface area contributed by atoms with Gasteiger partial charge in [-0.2, -0.15) is 4.98 Å². The van der Waals surface area contributed by atoms with Gasteiger partial charge in [0.15, 0.2) is 0 Å². The first-order valence-corrected chi connectivity index (χ1v) is 10.2. The van der Waals surface area contributed by atoms with Gasteiger partial charge in [-0.05, 0) is 56.0 Å². The third kappa shape index (κ3) is 4.36. The first kappa shape index (κ1) is 21.9. The van der Waals surface area contributed by atoms with E-state index in [1.807, 2.05) is 6.07 Å². The number of ether oxygens (including phenoxy) is 3. The van der Waals surface area contributed by atoms with Crippen LogP contribution in [0.2, 0.25) is 0 Å². The van der Waals surface area contributed by atoms with Gasteiger partial charge in [0, 0.05) is 31.2 Å². The van der Waals surface area contributed by atoms with Crippen LogP contribution in [-0.4, -0.2) is 56.3 Å². The number of carbonyl (C=O) groups excluding carboxylic acids is 1. The zero-order valence-electron chi connectivity index (χ0n) is 18.6. The Kier molecular flexibility index (Phi) is 6.82. The molecule has 1 saturated heterocycles. The highest BCUT2D eigenvalue weighted by Crippen LogP contribution is 2.32. The third-order valence-electron chi connectivity index (χ3n) is 6.03. The largest absolute Gasteiger partial charge is 0.496 e. The smallest absolute Gasteiger partial charge is 0.257 e. The molecule has 1 fully saturated rings. The third-order valence-corrected chi connectivity index (χ3v) is 6.03. The molecule has 0 aliphatic carbocycles. The van der Waals surface area contributed by atoms with Crippen LogP contribution in [0.15, 0.2) is 24.3 Å². The van der Waals surface area contributed by atoms with E-state index in [2.05, 4.69) is 42.0 Å². The Balaban J connectivity index is 1.67. The number of hydrogen-bond donors (Lipinski definition) is 1. The molecule has 1 aliphatic rings. The molecule has 1 unspecified atom stereocenters. The molecule has 7 heteroatoms. The fourth-order valence-corrected chi connectivity index (χ4v) is 4.07. The highest BCUT2D eigenvalue weighted by atomic mass is 16.5. The Bertz CT molecular complexity index is 916. The lowest BCUT2D eigenvalue weighted by Gasteiger charge is -2.27. The quantitative estimate of drug-likeness (QED) is 0.751. The fourth-order valence-electron chi connectivity index (χ4n) is 4.07. The van der Waals surface area contributed by atoms with Crippen molar-refractivity contribution in [1.29, 1.82) is 0 Å². The van der Waals surface area contributed by atoms with Crippen molar-refractivity contribution in [2.24, 2.45) is 0 Å². The number of nitrogens with zero attached hydrogens (tertiary/aromatic N) is 2. The molecule has 2 aromatic rings. The Hall–Kier alpha value is -2.80. The van der Waals surface area contributed by atoms with Gasteiger partial charge in [-0.3, -0.25) is 9.69 Å². The summed E-state index contributed by atoms with van der Waals surface area (Å²) in [6.07, 6.45) is 0.899. The zero-order chi connectivity index (χ0) is 21.8. The number of aromatic nitrogens is 1. The van der Waals surface area contributed by atoms with Gasteiger partial charge >= 0.3 is 0 Å². The molecule has 1 aromatic carbocycles. The maximum absolute atomic E-state index is 12.8. The molecule has 1 amide bonds. The zero-order valence-corrected chi connectivity index (χ0v) is 18.6. The summed E-state index contributed by atoms with van der Waals surface area (Å²) in [6.45, 7) is 8.17. The number of pyridine rings is 1. The molecule has 162 valence electrons. The Morgan fingerprint density at radius 1 is 1.10 bits per heavy atom. The molecule has 1 aromatic heterocycles. The average Bonchev–Trinajstić information content (AvgIpc) is 3.23. The second-order valence-electron chi connectivity index (χ2n) is 7.65. The normalized spacial score (nSPS) is 17.5. The van der Waals surface area contributed by atoms with Gasteiger partial charge in [0.25, 0.3) is 5.91 Å². The number of benzene rings is 1. The monoisotopic (exact) mass is 413 g/mol. The SMILES string of the molecule is COc1ccc(C(=O)N[C@@H]2CCN(C(C)c3ccc(OC)c(C)c3C)C2)c(OC)n1. The number of nitrogens with one attached hydrogen (secondary N) is 1. The van der Waals surface area contributed by atoms with E-state index < -0.39 is 0 Å². The van der Waals surface area contributed by atoms with Crippen LogP contribution in [-0.2, 0) is 0 Å². The van der Waals surface area contributed by atoms with Crippen LogP contribution >= 0.6 is 0 Å². The summed E-state index contributed by atoms with van der Waals surface area (Å²) in [4.78, 5) is 19.4. The van der Waals surface area contributed by atoms with Crippen molar-refractivity contribution in [3.05, 3.63) is 46.5 Å². The Morgan fingerprint density at radius 3 is 2.53 bits per heavy atom. The van der Waals surface area contributed by atoms with E-state index in [-0.39, 0.29) is 23.9 Å². The van der Waals surface area contributed by atoms with Crippen LogP contribution in [0.3, 0.4) is 0 Å². The molecular formula is C23H31N3O4. The Morgan fingerprint density at radius 2 is 1.87 bits per heavy atom. The second kappa shape index (κ2) is 9.34. The molecule has 7 nitrogen and oxygen atoms in total. The first-order valence-electron chi connectivity index (χ1n) is 10.2. The van der Waals surface area contributed by atoms with E-state index in [1.54, 1.807) is 19.2 Å². The maximum Gasteiger partial charge on any atom is 0.257 e. The number of methoxy groups -OCH3 is 3. The van der Waals surface area contributed by atoms with Crippen molar-refractivity contribution in [3.63, 3.8) is 0 Å². The highest BCUT2D eigenvalue weighted by Gasteiger charge is 2.29. The van der Waals surface area contributed by atoms with Crippen LogP contribution in [0.4, 0.5) is 0 Å². The minimum Gasteiger partial charge on any atom is -0.496 e. The van der Waals surface area contributed by atoms with Crippen molar-refractivity contribution in [2.45, 2.75) is 39.3 Å². The summed E-state index contributed by atoms with van der Waals surface area (Å²) in [5.41, 5.74) is 4.13. The molecule has 0 radical (unpaired) electrons. The number of rotatable bonds is 7. The molecular weight excluding hydrogens is 382 g/mol. The van der Waals surface area contributed by atoms with Crippen molar-refractivity contribution in [1.82, 2.24) is 15.2 Å². The first-order chi connectivity index (χ1) is 14.4. The molecule has 3 rings (SSSR count). The van der Waals surface area contributed by atoms with Crippen molar-refractivity contribution < 1.29 is 19.0 Å². The Labute approximate surface area is 178 Å². The van der Waals surface area contributed by atoms with Gasteiger partial charge in [0.1, 0.15) is 11.3 Å². The van der Waals surface area contributed by atoms with Crippen LogP contribution in [0, 0.1) is 13.8 Å². The average molecular weight is 414 g/mol. The number of hydrogen-bond acceptors (Lipinski definition) is 6. The van der Waals surface area contributed by atoms with Gasteiger partial charge in [0.05, 0.1) is 21.3 Å². The fraction of sp³-hybridized carbons (Fsp3) is 0.478. The lowest BCUT2D eigenvalue weighted by molar-refractivity contribution is 0.0932. The summed E-state index contributed by atoms with van der Waals surface area (Å²) < 4.78 is 15.8. The molecule has 1 aliphatic heterocycles.